The summed E-state index contributed by atoms with van der Waals surface area (Å²) in [6.07, 6.45) is 4.61. The van der Waals surface area contributed by atoms with Gasteiger partial charge in [-0.2, -0.15) is 11.8 Å². The van der Waals surface area contributed by atoms with Gasteiger partial charge >= 0.3 is 0 Å². The van der Waals surface area contributed by atoms with E-state index in [2.05, 4.69) is 6.58 Å². The van der Waals surface area contributed by atoms with Gasteiger partial charge in [-0.25, -0.2) is 0 Å². The number of hydrogen-bond acceptors (Lipinski definition) is 2. The van der Waals surface area contributed by atoms with Gasteiger partial charge in [0.05, 0.1) is 6.26 Å². The van der Waals surface area contributed by atoms with E-state index in [1.54, 1.807) is 17.8 Å². The highest BCUT2D eigenvalue weighted by molar-refractivity contribution is 7.99. The summed E-state index contributed by atoms with van der Waals surface area (Å²) < 4.78 is 0. The van der Waals surface area contributed by atoms with E-state index in [0.717, 1.165) is 17.8 Å². The summed E-state index contributed by atoms with van der Waals surface area (Å²) in [6, 6.07) is 0. The summed E-state index contributed by atoms with van der Waals surface area (Å²) in [7, 11) is 0. The van der Waals surface area contributed by atoms with Crippen molar-refractivity contribution in [3.8, 4) is 0 Å². The Morgan fingerprint density at radius 3 is 2.75 bits per heavy atom. The minimum absolute atomic E-state index is 0.864. The molecule has 0 unspecified atom stereocenters. The summed E-state index contributed by atoms with van der Waals surface area (Å²) in [5.41, 5.74) is 0. The minimum atomic E-state index is 0.864. The molecular formula is C6H10OS. The number of aliphatic hydroxyl groups is 1. The molecule has 0 rings (SSSR count). The van der Waals surface area contributed by atoms with E-state index in [-0.39, 0.29) is 0 Å². The van der Waals surface area contributed by atoms with Crippen molar-refractivity contribution >= 4 is 11.8 Å². The third-order valence-electron chi connectivity index (χ3n) is 0.555. The van der Waals surface area contributed by atoms with Crippen molar-refractivity contribution in [1.82, 2.24) is 0 Å². The lowest BCUT2D eigenvalue weighted by Gasteiger charge is -1.86. The zero-order valence-corrected chi connectivity index (χ0v) is 5.53. The zero-order chi connectivity index (χ0) is 6.24. The molecule has 0 amide bonds. The normalized spacial score (nSPS) is 10.0. The van der Waals surface area contributed by atoms with Gasteiger partial charge in [0.25, 0.3) is 0 Å². The molecule has 8 heavy (non-hydrogen) atoms. The van der Waals surface area contributed by atoms with Gasteiger partial charge in [-0.15, -0.1) is 6.58 Å². The molecule has 0 fully saturated rings. The van der Waals surface area contributed by atoms with Crippen molar-refractivity contribution in [2.75, 3.05) is 11.5 Å². The highest BCUT2D eigenvalue weighted by Gasteiger charge is 1.75. The molecule has 0 spiro atoms. The van der Waals surface area contributed by atoms with E-state index in [4.69, 9.17) is 5.11 Å². The van der Waals surface area contributed by atoms with Gasteiger partial charge in [-0.05, 0) is 6.08 Å². The highest BCUT2D eigenvalue weighted by atomic mass is 32.2. The van der Waals surface area contributed by atoms with Crippen molar-refractivity contribution in [3.63, 3.8) is 0 Å². The van der Waals surface area contributed by atoms with Gasteiger partial charge in [-0.3, -0.25) is 0 Å². The summed E-state index contributed by atoms with van der Waals surface area (Å²) in [4.78, 5) is 0. The number of rotatable bonds is 4. The van der Waals surface area contributed by atoms with Gasteiger partial charge in [0.15, 0.2) is 0 Å². The Kier molecular flexibility index (Phi) is 6.32. The van der Waals surface area contributed by atoms with Crippen LogP contribution in [0.1, 0.15) is 0 Å². The van der Waals surface area contributed by atoms with Crippen LogP contribution in [0.15, 0.2) is 25.0 Å². The number of aliphatic hydroxyl groups excluding tert-OH is 1. The topological polar surface area (TPSA) is 20.2 Å². The Balaban J connectivity index is 2.82. The first-order chi connectivity index (χ1) is 3.91. The van der Waals surface area contributed by atoms with Crippen molar-refractivity contribution in [2.24, 2.45) is 0 Å². The predicted octanol–water partition coefficient (Wildman–Crippen LogP) is 1.98. The highest BCUT2D eigenvalue weighted by Crippen LogP contribution is 1.98. The largest absolute Gasteiger partial charge is 0.516 e. The third-order valence-corrected chi connectivity index (χ3v) is 1.45. The van der Waals surface area contributed by atoms with Crippen molar-refractivity contribution in [3.05, 3.63) is 25.0 Å². The third kappa shape index (κ3) is 5.63. The van der Waals surface area contributed by atoms with Crippen LogP contribution in [0.4, 0.5) is 0 Å². The van der Waals surface area contributed by atoms with Crippen LogP contribution in [0, 0.1) is 0 Å². The summed E-state index contributed by atoms with van der Waals surface area (Å²) in [6.45, 7) is 3.55. The van der Waals surface area contributed by atoms with E-state index in [9.17, 15) is 0 Å². The molecule has 0 aliphatic heterocycles. The van der Waals surface area contributed by atoms with E-state index in [1.807, 2.05) is 6.08 Å². The Labute approximate surface area is 54.1 Å². The molecule has 1 nitrogen and oxygen atoms in total. The van der Waals surface area contributed by atoms with Gasteiger partial charge in [0.1, 0.15) is 0 Å². The van der Waals surface area contributed by atoms with Crippen LogP contribution in [0.2, 0.25) is 0 Å². The van der Waals surface area contributed by atoms with E-state index >= 15 is 0 Å². The molecular weight excluding hydrogens is 120 g/mol. The SMILES string of the molecule is C=CCSCC=CO. The van der Waals surface area contributed by atoms with Crippen LogP contribution in [-0.2, 0) is 0 Å². The maximum atomic E-state index is 8.15. The average molecular weight is 130 g/mol. The lowest BCUT2D eigenvalue weighted by atomic mass is 10.7. The van der Waals surface area contributed by atoms with Crippen LogP contribution >= 0.6 is 11.8 Å². The summed E-state index contributed by atoms with van der Waals surface area (Å²) >= 11 is 1.71. The Hall–Kier alpha value is -0.370. The molecule has 2 heteroatoms. The maximum Gasteiger partial charge on any atom is 0.0760 e. The Bertz CT molecular complexity index is 78.6. The fourth-order valence-electron chi connectivity index (χ4n) is 0.262. The maximum absolute atomic E-state index is 8.15. The smallest absolute Gasteiger partial charge is 0.0760 e. The molecule has 0 radical (unpaired) electrons. The first kappa shape index (κ1) is 7.63. The number of thioether (sulfide) groups is 1. The van der Waals surface area contributed by atoms with E-state index in [0.29, 0.717) is 0 Å². The molecule has 0 saturated heterocycles. The monoisotopic (exact) mass is 130 g/mol. The lowest BCUT2D eigenvalue weighted by molar-refractivity contribution is 0.473. The molecule has 0 heterocycles. The van der Waals surface area contributed by atoms with E-state index < -0.39 is 0 Å². The van der Waals surface area contributed by atoms with Gasteiger partial charge in [0.2, 0.25) is 0 Å². The van der Waals surface area contributed by atoms with Crippen molar-refractivity contribution < 1.29 is 5.11 Å². The second kappa shape index (κ2) is 6.63. The van der Waals surface area contributed by atoms with Crippen LogP contribution in [0.25, 0.3) is 0 Å². The molecule has 0 aliphatic carbocycles. The average Bonchev–Trinajstić information content (AvgIpc) is 1.81. The lowest BCUT2D eigenvalue weighted by Crippen LogP contribution is -1.71. The summed E-state index contributed by atoms with van der Waals surface area (Å²) in [5.74, 6) is 1.81. The van der Waals surface area contributed by atoms with Crippen LogP contribution in [0.5, 0.6) is 0 Å². The number of hydrogen-bond donors (Lipinski definition) is 1. The fourth-order valence-corrected chi connectivity index (χ4v) is 0.787. The van der Waals surface area contributed by atoms with Crippen LogP contribution in [-0.4, -0.2) is 16.6 Å². The predicted molar refractivity (Wildman–Crippen MR) is 39.3 cm³/mol. The standard InChI is InChI=1S/C6H10OS/c1-2-5-8-6-3-4-7/h2-4,7H,1,5-6H2. The Morgan fingerprint density at radius 1 is 1.50 bits per heavy atom. The van der Waals surface area contributed by atoms with Crippen molar-refractivity contribution in [2.45, 2.75) is 0 Å². The molecule has 0 bridgehead atoms. The Morgan fingerprint density at radius 2 is 2.25 bits per heavy atom. The minimum Gasteiger partial charge on any atom is -0.516 e. The van der Waals surface area contributed by atoms with Gasteiger partial charge in [0, 0.05) is 11.5 Å². The van der Waals surface area contributed by atoms with Crippen LogP contribution in [0.3, 0.4) is 0 Å². The first-order valence-corrected chi connectivity index (χ1v) is 3.55. The molecule has 0 aromatic heterocycles. The fraction of sp³-hybridized carbons (Fsp3) is 0.333. The molecule has 1 N–H and O–H groups in total. The van der Waals surface area contributed by atoms with E-state index in [1.165, 1.54) is 0 Å². The molecule has 0 saturated carbocycles. The van der Waals surface area contributed by atoms with Crippen molar-refractivity contribution in [1.29, 1.82) is 0 Å². The zero-order valence-electron chi connectivity index (χ0n) is 4.71. The molecule has 0 aliphatic rings. The van der Waals surface area contributed by atoms with Gasteiger partial charge in [-0.1, -0.05) is 6.08 Å². The molecule has 0 aromatic carbocycles. The molecule has 0 aromatic rings. The molecule has 0 atom stereocenters. The first-order valence-electron chi connectivity index (χ1n) is 2.39. The second-order valence-electron chi connectivity index (χ2n) is 1.21. The van der Waals surface area contributed by atoms with Crippen LogP contribution < -0.4 is 0 Å². The summed E-state index contributed by atoms with van der Waals surface area (Å²) in [5, 5.41) is 8.15. The van der Waals surface area contributed by atoms with Gasteiger partial charge < -0.3 is 5.11 Å². The molecule has 46 valence electrons. The quantitative estimate of drug-likeness (QED) is 0.357. The second-order valence-corrected chi connectivity index (χ2v) is 2.29.